The van der Waals surface area contributed by atoms with Crippen LogP contribution in [-0.4, -0.2) is 42.5 Å². The third-order valence-electron chi connectivity index (χ3n) is 5.46. The maximum absolute atomic E-state index is 11.4. The van der Waals surface area contributed by atoms with Gasteiger partial charge in [0.25, 0.3) is 0 Å². The quantitative estimate of drug-likeness (QED) is 0.376. The summed E-state index contributed by atoms with van der Waals surface area (Å²) in [5, 5.41) is 6.21. The van der Waals surface area contributed by atoms with Crippen molar-refractivity contribution in [2.75, 3.05) is 25.5 Å². The summed E-state index contributed by atoms with van der Waals surface area (Å²) in [6, 6.07) is 5.75. The molecule has 0 aliphatic carbocycles. The summed E-state index contributed by atoms with van der Waals surface area (Å²) in [7, 11) is 1.59. The van der Waals surface area contributed by atoms with E-state index in [1.54, 1.807) is 7.11 Å². The van der Waals surface area contributed by atoms with Crippen molar-refractivity contribution in [1.29, 1.82) is 0 Å². The number of amides is 1. The molecular formula is C20H33IN4O2. The van der Waals surface area contributed by atoms with Crippen LogP contribution in [0, 0.1) is 5.41 Å². The molecule has 1 aromatic rings. The zero-order valence-electron chi connectivity index (χ0n) is 17.5. The normalized spacial score (nSPS) is 17.4. The molecular weight excluding hydrogens is 455 g/mol. The van der Waals surface area contributed by atoms with Crippen LogP contribution in [0.25, 0.3) is 0 Å². The smallest absolute Gasteiger partial charge is 0.221 e. The van der Waals surface area contributed by atoms with Gasteiger partial charge >= 0.3 is 0 Å². The molecule has 1 heterocycles. The molecule has 1 saturated heterocycles. The van der Waals surface area contributed by atoms with E-state index in [0.29, 0.717) is 18.0 Å². The van der Waals surface area contributed by atoms with Gasteiger partial charge in [-0.25, -0.2) is 4.99 Å². The lowest BCUT2D eigenvalue weighted by Crippen LogP contribution is -2.72. The SMILES string of the molecule is CCNC(=NCc1ccc(OC)c(NC(C)=O)c1)N1CC(C)(C)C1(C)C.I. The topological polar surface area (TPSA) is 66.0 Å². The van der Waals surface area contributed by atoms with Crippen molar-refractivity contribution in [3.8, 4) is 5.75 Å². The molecule has 7 heteroatoms. The van der Waals surface area contributed by atoms with E-state index in [0.717, 1.165) is 24.6 Å². The number of hydrogen-bond acceptors (Lipinski definition) is 3. The first-order valence-corrected chi connectivity index (χ1v) is 9.13. The van der Waals surface area contributed by atoms with Gasteiger partial charge in [0.1, 0.15) is 5.75 Å². The van der Waals surface area contributed by atoms with Gasteiger partial charge in [-0.05, 0) is 38.5 Å². The fourth-order valence-electron chi connectivity index (χ4n) is 3.10. The van der Waals surface area contributed by atoms with Gasteiger partial charge in [-0.2, -0.15) is 0 Å². The van der Waals surface area contributed by atoms with Crippen LogP contribution in [0.3, 0.4) is 0 Å². The van der Waals surface area contributed by atoms with Crippen molar-refractivity contribution in [1.82, 2.24) is 10.2 Å². The van der Waals surface area contributed by atoms with Gasteiger partial charge in [0.05, 0.1) is 19.3 Å². The lowest BCUT2D eigenvalue weighted by Gasteiger charge is -2.62. The van der Waals surface area contributed by atoms with Gasteiger partial charge in [0.15, 0.2) is 5.96 Å². The Labute approximate surface area is 180 Å². The Morgan fingerprint density at radius 3 is 2.44 bits per heavy atom. The van der Waals surface area contributed by atoms with Crippen molar-refractivity contribution in [2.24, 2.45) is 10.4 Å². The lowest BCUT2D eigenvalue weighted by molar-refractivity contribution is -0.114. The van der Waals surface area contributed by atoms with Crippen molar-refractivity contribution < 1.29 is 9.53 Å². The summed E-state index contributed by atoms with van der Waals surface area (Å²) < 4.78 is 5.31. The number of hydrogen-bond donors (Lipinski definition) is 2. The zero-order chi connectivity index (χ0) is 19.5. The van der Waals surface area contributed by atoms with Gasteiger partial charge in [0, 0.05) is 31.0 Å². The summed E-state index contributed by atoms with van der Waals surface area (Å²) in [5.41, 5.74) is 1.99. The number of carbonyl (C=O) groups excluding carboxylic acids is 1. The summed E-state index contributed by atoms with van der Waals surface area (Å²) in [6.07, 6.45) is 0. The van der Waals surface area contributed by atoms with Crippen molar-refractivity contribution in [3.63, 3.8) is 0 Å². The highest BCUT2D eigenvalue weighted by Gasteiger charge is 2.53. The van der Waals surface area contributed by atoms with Crippen LogP contribution in [0.15, 0.2) is 23.2 Å². The summed E-state index contributed by atoms with van der Waals surface area (Å²) in [6.45, 7) is 15.0. The van der Waals surface area contributed by atoms with Gasteiger partial charge in [-0.15, -0.1) is 24.0 Å². The molecule has 6 nitrogen and oxygen atoms in total. The standard InChI is InChI=1S/C20H32N4O2.HI/c1-8-21-18(24-13-19(3,4)20(24,5)6)22-12-15-9-10-17(26-7)16(11-15)23-14(2)25;/h9-11H,8,12-13H2,1-7H3,(H,21,22)(H,23,25);1H. The second-order valence-electron chi connectivity index (χ2n) is 7.92. The van der Waals surface area contributed by atoms with E-state index in [-0.39, 0.29) is 40.8 Å². The maximum Gasteiger partial charge on any atom is 0.221 e. The van der Waals surface area contributed by atoms with Crippen molar-refractivity contribution >= 4 is 41.5 Å². The van der Waals surface area contributed by atoms with Gasteiger partial charge in [0.2, 0.25) is 5.91 Å². The minimum atomic E-state index is -0.123. The number of ether oxygens (including phenoxy) is 1. The first-order valence-electron chi connectivity index (χ1n) is 9.13. The van der Waals surface area contributed by atoms with E-state index >= 15 is 0 Å². The number of carbonyl (C=O) groups is 1. The molecule has 1 aromatic carbocycles. The molecule has 1 aliphatic heterocycles. The highest BCUT2D eigenvalue weighted by atomic mass is 127. The number of aliphatic imine (C=N–C) groups is 1. The number of halogens is 1. The van der Waals surface area contributed by atoms with Crippen LogP contribution in [0.2, 0.25) is 0 Å². The fraction of sp³-hybridized carbons (Fsp3) is 0.600. The average molecular weight is 488 g/mol. The minimum Gasteiger partial charge on any atom is -0.495 e. The van der Waals surface area contributed by atoms with E-state index in [1.807, 2.05) is 18.2 Å². The molecule has 1 aliphatic rings. The highest BCUT2D eigenvalue weighted by molar-refractivity contribution is 14.0. The second kappa shape index (κ2) is 9.12. The van der Waals surface area contributed by atoms with Crippen LogP contribution < -0.4 is 15.4 Å². The first-order chi connectivity index (χ1) is 12.1. The molecule has 0 unspecified atom stereocenters. The highest BCUT2D eigenvalue weighted by Crippen LogP contribution is 2.46. The van der Waals surface area contributed by atoms with E-state index in [2.05, 4.69) is 50.2 Å². The summed E-state index contributed by atoms with van der Waals surface area (Å²) in [5.74, 6) is 1.45. The van der Waals surface area contributed by atoms with Gasteiger partial charge < -0.3 is 20.3 Å². The predicted molar refractivity (Wildman–Crippen MR) is 122 cm³/mol. The third-order valence-corrected chi connectivity index (χ3v) is 5.46. The predicted octanol–water partition coefficient (Wildman–Crippen LogP) is 3.86. The van der Waals surface area contributed by atoms with Crippen molar-refractivity contribution in [3.05, 3.63) is 23.8 Å². The molecule has 2 N–H and O–H groups in total. The Kier molecular flexibility index (Phi) is 7.95. The van der Waals surface area contributed by atoms with E-state index < -0.39 is 0 Å². The van der Waals surface area contributed by atoms with E-state index in [9.17, 15) is 4.79 Å². The largest absolute Gasteiger partial charge is 0.495 e. The Balaban J connectivity index is 0.00000364. The second-order valence-corrected chi connectivity index (χ2v) is 7.92. The number of anilines is 1. The maximum atomic E-state index is 11.4. The zero-order valence-corrected chi connectivity index (χ0v) is 19.8. The molecule has 152 valence electrons. The Hall–Kier alpha value is -1.51. The number of rotatable bonds is 5. The Morgan fingerprint density at radius 1 is 1.30 bits per heavy atom. The lowest BCUT2D eigenvalue weighted by atomic mass is 9.65. The van der Waals surface area contributed by atoms with E-state index in [1.165, 1.54) is 6.92 Å². The van der Waals surface area contributed by atoms with Gasteiger partial charge in [-0.1, -0.05) is 19.9 Å². The first kappa shape index (κ1) is 23.5. The van der Waals surface area contributed by atoms with Crippen LogP contribution in [0.5, 0.6) is 5.75 Å². The van der Waals surface area contributed by atoms with Crippen LogP contribution in [0.1, 0.15) is 47.1 Å². The Morgan fingerprint density at radius 2 is 1.96 bits per heavy atom. The summed E-state index contributed by atoms with van der Waals surface area (Å²) >= 11 is 0. The molecule has 0 aromatic heterocycles. The fourth-order valence-corrected chi connectivity index (χ4v) is 3.10. The number of benzene rings is 1. The number of methoxy groups -OCH3 is 1. The molecule has 1 amide bonds. The molecule has 2 rings (SSSR count). The molecule has 1 fully saturated rings. The molecule has 0 bridgehead atoms. The van der Waals surface area contributed by atoms with Crippen molar-refractivity contribution in [2.45, 2.75) is 53.6 Å². The van der Waals surface area contributed by atoms with Gasteiger partial charge in [-0.3, -0.25) is 4.79 Å². The number of likely N-dealkylation sites (tertiary alicyclic amines) is 1. The molecule has 0 spiro atoms. The van der Waals surface area contributed by atoms with Crippen LogP contribution in [-0.2, 0) is 11.3 Å². The molecule has 27 heavy (non-hydrogen) atoms. The average Bonchev–Trinajstić information content (AvgIpc) is 2.56. The molecule has 0 saturated carbocycles. The monoisotopic (exact) mass is 488 g/mol. The number of nitrogens with one attached hydrogen (secondary N) is 2. The van der Waals surface area contributed by atoms with Crippen LogP contribution >= 0.6 is 24.0 Å². The molecule has 0 atom stereocenters. The third kappa shape index (κ3) is 5.06. The summed E-state index contributed by atoms with van der Waals surface area (Å²) in [4.78, 5) is 18.5. The molecule has 0 radical (unpaired) electrons. The number of guanidine groups is 1. The Bertz CT molecular complexity index is 701. The minimum absolute atomic E-state index is 0. The number of nitrogens with zero attached hydrogens (tertiary/aromatic N) is 2. The van der Waals surface area contributed by atoms with E-state index in [4.69, 9.17) is 9.73 Å². The van der Waals surface area contributed by atoms with Crippen LogP contribution in [0.4, 0.5) is 5.69 Å².